The Kier molecular flexibility index (Phi) is 8.41. The molecule has 1 aliphatic carbocycles. The van der Waals surface area contributed by atoms with E-state index in [1.807, 2.05) is 7.05 Å². The summed E-state index contributed by atoms with van der Waals surface area (Å²) < 4.78 is 77.9. The number of halogens is 5. The molecule has 4 atom stereocenters. The molecule has 0 amide bonds. The second-order valence-electron chi connectivity index (χ2n) is 14.0. The summed E-state index contributed by atoms with van der Waals surface area (Å²) >= 11 is 0. The fourth-order valence-electron chi connectivity index (χ4n) is 7.26. The molecule has 2 N–H and O–H groups in total. The van der Waals surface area contributed by atoms with Gasteiger partial charge in [0.1, 0.15) is 6.67 Å². The second-order valence-corrected chi connectivity index (χ2v) is 14.0. The van der Waals surface area contributed by atoms with Crippen LogP contribution in [0.3, 0.4) is 0 Å². The van der Waals surface area contributed by atoms with E-state index in [9.17, 15) is 18.0 Å². The number of alkyl halides is 5. The Bertz CT molecular complexity index is 1590. The number of fused-ring (bicyclic) bond motifs is 1. The van der Waals surface area contributed by atoms with Crippen LogP contribution in [-0.4, -0.2) is 64.0 Å². The summed E-state index contributed by atoms with van der Waals surface area (Å²) in [5.74, 6) is 0. The molecule has 246 valence electrons. The fraction of sp³-hybridized carbons (Fsp3) is 0.606. The van der Waals surface area contributed by atoms with E-state index in [4.69, 9.17) is 0 Å². The maximum atomic E-state index is 16.5. The van der Waals surface area contributed by atoms with Crippen LogP contribution in [0.4, 0.5) is 22.0 Å². The number of aromatic nitrogens is 2. The van der Waals surface area contributed by atoms with Crippen LogP contribution >= 0.6 is 0 Å². The lowest BCUT2D eigenvalue weighted by atomic mass is 9.90. The van der Waals surface area contributed by atoms with Crippen molar-refractivity contribution in [3.8, 4) is 5.69 Å². The Balaban J connectivity index is 1.30. The number of pyridine rings is 1. The summed E-state index contributed by atoms with van der Waals surface area (Å²) in [7, 11) is 1.90. The zero-order chi connectivity index (χ0) is 32.2. The number of imidazole rings is 1. The Hall–Kier alpha value is -2.80. The summed E-state index contributed by atoms with van der Waals surface area (Å²) in [5.41, 5.74) is 2.48. The third-order valence-corrected chi connectivity index (χ3v) is 10.4. The number of unbranched alkanes of at least 4 members (excludes halogenated alkanes) is 3. The summed E-state index contributed by atoms with van der Waals surface area (Å²) in [6.45, 7) is 6.42. The molecular formula is C33H44F5N6O+. The molecule has 7 nitrogen and oxygen atoms in total. The highest BCUT2D eigenvalue weighted by Crippen LogP contribution is 2.52. The van der Waals surface area contributed by atoms with Gasteiger partial charge in [0, 0.05) is 25.5 Å². The third-order valence-electron chi connectivity index (χ3n) is 10.4. The van der Waals surface area contributed by atoms with Gasteiger partial charge in [-0.1, -0.05) is 31.9 Å². The minimum Gasteiger partial charge on any atom is -0.298 e. The lowest BCUT2D eigenvalue weighted by Gasteiger charge is -2.39. The molecule has 0 radical (unpaired) electrons. The van der Waals surface area contributed by atoms with Crippen molar-refractivity contribution in [3.63, 3.8) is 0 Å². The predicted octanol–water partition coefficient (Wildman–Crippen LogP) is 6.04. The van der Waals surface area contributed by atoms with Gasteiger partial charge in [0.2, 0.25) is 6.17 Å². The molecule has 4 heterocycles. The highest BCUT2D eigenvalue weighted by molar-refractivity contribution is 5.58. The Morgan fingerprint density at radius 1 is 1.09 bits per heavy atom. The summed E-state index contributed by atoms with van der Waals surface area (Å²) in [4.78, 5) is 15.8. The van der Waals surface area contributed by atoms with Crippen LogP contribution in [0.2, 0.25) is 0 Å². The van der Waals surface area contributed by atoms with Gasteiger partial charge in [-0.25, -0.2) is 19.0 Å². The van der Waals surface area contributed by atoms with E-state index >= 15 is 8.78 Å². The van der Waals surface area contributed by atoms with Gasteiger partial charge in [0.15, 0.2) is 11.8 Å². The molecular weight excluding hydrogens is 591 g/mol. The predicted molar refractivity (Wildman–Crippen MR) is 163 cm³/mol. The van der Waals surface area contributed by atoms with Crippen LogP contribution in [0, 0.1) is 5.41 Å². The van der Waals surface area contributed by atoms with Crippen LogP contribution in [0.1, 0.15) is 75.5 Å². The number of benzene rings is 1. The van der Waals surface area contributed by atoms with Gasteiger partial charge < -0.3 is 0 Å². The zero-order valence-electron chi connectivity index (χ0n) is 26.3. The smallest absolute Gasteiger partial charge is 0.298 e. The van der Waals surface area contributed by atoms with Crippen LogP contribution in [0.5, 0.6) is 0 Å². The molecule has 2 unspecified atom stereocenters. The first-order valence-electron chi connectivity index (χ1n) is 16.1. The minimum absolute atomic E-state index is 0.000613. The summed E-state index contributed by atoms with van der Waals surface area (Å²) in [6, 6.07) is 6.95. The first-order chi connectivity index (χ1) is 21.3. The molecule has 6 rings (SSSR count). The molecule has 2 aliphatic heterocycles. The van der Waals surface area contributed by atoms with Gasteiger partial charge in [-0.2, -0.15) is 18.6 Å². The first kappa shape index (κ1) is 32.2. The average Bonchev–Trinajstić information content (AvgIpc) is 3.29. The molecule has 2 aromatic heterocycles. The van der Waals surface area contributed by atoms with Gasteiger partial charge in [-0.3, -0.25) is 18.4 Å². The molecule has 3 aromatic rings. The molecule has 12 heteroatoms. The number of nitrogens with zero attached hydrogens (tertiary/aromatic N) is 4. The van der Waals surface area contributed by atoms with Crippen LogP contribution in [0.25, 0.3) is 11.2 Å². The highest BCUT2D eigenvalue weighted by Gasteiger charge is 2.52. The Labute approximate surface area is 260 Å². The van der Waals surface area contributed by atoms with Crippen molar-refractivity contribution >= 4 is 5.52 Å². The normalized spacial score (nSPS) is 25.3. The molecule has 1 spiro atoms. The summed E-state index contributed by atoms with van der Waals surface area (Å²) in [5, 5.41) is 0. The van der Waals surface area contributed by atoms with E-state index in [1.165, 1.54) is 37.4 Å². The van der Waals surface area contributed by atoms with Gasteiger partial charge in [-0.05, 0) is 80.3 Å². The standard InChI is InChI=1S/C33H44F5N6O/c1-4-5-6-7-15-44(3)22-39-40-29(44)28(34)31(2,35)24-9-8-10-25(17-24)42-20-27-26(33(36,37)38)16-23(19-43(27)30(42)45)18-41-14-13-32(21-41)11-12-32/h8-10,16-17,19-20,28-29,39-40H,4-7,11-15,18,21-22H2,1-3H3/q+1/t28-,29?,31+,44?/m0/s1. The van der Waals surface area contributed by atoms with Gasteiger partial charge in [0.25, 0.3) is 0 Å². The van der Waals surface area contributed by atoms with Gasteiger partial charge >= 0.3 is 11.9 Å². The molecule has 2 saturated heterocycles. The lowest BCUT2D eigenvalue weighted by Crippen LogP contribution is -2.60. The number of quaternary nitrogens is 1. The molecule has 1 aromatic carbocycles. The van der Waals surface area contributed by atoms with Crippen molar-refractivity contribution in [1.82, 2.24) is 24.7 Å². The maximum absolute atomic E-state index is 16.5. The van der Waals surface area contributed by atoms with E-state index in [2.05, 4.69) is 22.7 Å². The van der Waals surface area contributed by atoms with E-state index in [1.54, 1.807) is 0 Å². The monoisotopic (exact) mass is 635 g/mol. The molecule has 3 aliphatic rings. The molecule has 1 saturated carbocycles. The van der Waals surface area contributed by atoms with Crippen molar-refractivity contribution in [2.45, 2.75) is 89.5 Å². The third kappa shape index (κ3) is 6.18. The van der Waals surface area contributed by atoms with Crippen molar-refractivity contribution < 1.29 is 26.4 Å². The average molecular weight is 636 g/mol. The number of hydrogen-bond acceptors (Lipinski definition) is 4. The quantitative estimate of drug-likeness (QED) is 0.153. The molecule has 3 fully saturated rings. The number of rotatable bonds is 11. The highest BCUT2D eigenvalue weighted by atomic mass is 19.4. The zero-order valence-corrected chi connectivity index (χ0v) is 26.3. The SMILES string of the molecule is CCCCCC[N+]1(C)CNNC1[C@H](F)[C@](C)(F)c1cccc(-n2cc3c(C(F)(F)F)cc(CN4CCC5(CC5)C4)cn3c2=O)c1. The van der Waals surface area contributed by atoms with Crippen molar-refractivity contribution in [2.24, 2.45) is 5.41 Å². The van der Waals surface area contributed by atoms with Gasteiger partial charge in [0.05, 0.1) is 30.4 Å². The van der Waals surface area contributed by atoms with Crippen LogP contribution < -0.4 is 16.5 Å². The minimum atomic E-state index is -4.69. The maximum Gasteiger partial charge on any atom is 0.418 e. The number of hydrazine groups is 1. The number of hydrogen-bond donors (Lipinski definition) is 2. The van der Waals surface area contributed by atoms with Crippen LogP contribution in [-0.2, 0) is 18.4 Å². The fourth-order valence-corrected chi connectivity index (χ4v) is 7.26. The second kappa shape index (κ2) is 11.8. The molecule has 45 heavy (non-hydrogen) atoms. The molecule has 0 bridgehead atoms. The Morgan fingerprint density at radius 2 is 1.87 bits per heavy atom. The largest absolute Gasteiger partial charge is 0.418 e. The van der Waals surface area contributed by atoms with E-state index in [-0.39, 0.29) is 21.3 Å². The van der Waals surface area contributed by atoms with E-state index in [0.29, 0.717) is 30.7 Å². The number of nitrogens with one attached hydrogen (secondary N) is 2. The van der Waals surface area contributed by atoms with Crippen molar-refractivity contribution in [1.29, 1.82) is 0 Å². The van der Waals surface area contributed by atoms with E-state index < -0.39 is 35.4 Å². The Morgan fingerprint density at radius 3 is 2.56 bits per heavy atom. The van der Waals surface area contributed by atoms with E-state index in [0.717, 1.165) is 79.3 Å². The number of likely N-dealkylation sites (tertiary alicyclic amines) is 1. The van der Waals surface area contributed by atoms with Crippen molar-refractivity contribution in [2.75, 3.05) is 33.4 Å². The first-order valence-corrected chi connectivity index (χ1v) is 16.1. The lowest BCUT2D eigenvalue weighted by molar-refractivity contribution is -0.927. The van der Waals surface area contributed by atoms with Crippen molar-refractivity contribution in [3.05, 3.63) is 69.9 Å². The van der Waals surface area contributed by atoms with Gasteiger partial charge in [-0.15, -0.1) is 0 Å². The summed E-state index contributed by atoms with van der Waals surface area (Å²) in [6.07, 6.45) is 2.53. The topological polar surface area (TPSA) is 53.7 Å². The van der Waals surface area contributed by atoms with Crippen LogP contribution in [0.15, 0.2) is 47.5 Å².